The Balaban J connectivity index is 0. The zero-order valence-corrected chi connectivity index (χ0v) is 8.47. The molecule has 0 aromatic rings. The highest BCUT2D eigenvalue weighted by atomic mass is 19.4. The molecule has 14 heteroatoms. The van der Waals surface area contributed by atoms with Crippen LogP contribution < -0.4 is 0 Å². The third kappa shape index (κ3) is 8.06. The maximum atomic E-state index is 11.0. The fourth-order valence-electron chi connectivity index (χ4n) is 0.346. The average molecular weight is 334 g/mol. The summed E-state index contributed by atoms with van der Waals surface area (Å²) in [4.78, 5) is 9.24. The summed E-state index contributed by atoms with van der Waals surface area (Å²) in [6.07, 6.45) is -27.1. The molecule has 2 nitrogen and oxygen atoms in total. The Labute approximate surface area is 101 Å². The molecule has 0 spiro atoms. The van der Waals surface area contributed by atoms with Crippen molar-refractivity contribution in [2.75, 3.05) is 0 Å². The Morgan fingerprint density at radius 3 is 0.850 bits per heavy atom. The van der Waals surface area contributed by atoms with E-state index in [1.807, 2.05) is 0 Å². The lowest BCUT2D eigenvalue weighted by Gasteiger charge is -2.16. The van der Waals surface area contributed by atoms with E-state index < -0.39 is 36.6 Å². The summed E-state index contributed by atoms with van der Waals surface area (Å²) < 4.78 is 131. The Morgan fingerprint density at radius 2 is 0.850 bits per heavy atom. The maximum absolute atomic E-state index is 11.0. The summed E-state index contributed by atoms with van der Waals surface area (Å²) in [5, 5.41) is 7.47. The van der Waals surface area contributed by atoms with Gasteiger partial charge in [-0.25, -0.2) is 0 Å². The molecule has 0 atom stereocenters. The van der Waals surface area contributed by atoms with Crippen molar-refractivity contribution >= 4 is 5.78 Å². The number of halogens is 12. The molecule has 1 N–H and O–H groups in total. The molecule has 0 bridgehead atoms. The van der Waals surface area contributed by atoms with E-state index in [0.29, 0.717) is 0 Å². The first kappa shape index (κ1) is 21.1. The fourth-order valence-corrected chi connectivity index (χ4v) is 0.346. The molecule has 20 heavy (non-hydrogen) atoms. The van der Waals surface area contributed by atoms with E-state index in [9.17, 15) is 57.5 Å². The number of hydrogen-bond acceptors (Lipinski definition) is 2. The first-order chi connectivity index (χ1) is 8.31. The predicted octanol–water partition coefficient (Wildman–Crippen LogP) is 3.15. The van der Waals surface area contributed by atoms with Gasteiger partial charge in [-0.2, -0.15) is 52.7 Å². The summed E-state index contributed by atoms with van der Waals surface area (Å²) in [7, 11) is 0. The van der Waals surface area contributed by atoms with Crippen molar-refractivity contribution < 1.29 is 62.6 Å². The van der Waals surface area contributed by atoms with Crippen LogP contribution in [0.5, 0.6) is 0 Å². The van der Waals surface area contributed by atoms with E-state index in [4.69, 9.17) is 5.11 Å². The molecule has 0 aliphatic carbocycles. The van der Waals surface area contributed by atoms with Gasteiger partial charge in [0.25, 0.3) is 0 Å². The first-order valence-electron chi connectivity index (χ1n) is 3.81. The summed E-state index contributed by atoms with van der Waals surface area (Å²) in [5.41, 5.74) is 0. The molecule has 0 amide bonds. The molecule has 0 fully saturated rings. The van der Waals surface area contributed by atoms with Gasteiger partial charge in [0, 0.05) is 0 Å². The molecule has 0 aliphatic rings. The molecule has 0 unspecified atom stereocenters. The van der Waals surface area contributed by atoms with Crippen LogP contribution in [0.25, 0.3) is 0 Å². The number of carbonyl (C=O) groups excluding carboxylic acids is 1. The Bertz CT molecular complexity index is 287. The number of hydrogen-bond donors (Lipinski definition) is 1. The number of rotatable bonds is 0. The Morgan fingerprint density at radius 1 is 0.650 bits per heavy atom. The van der Waals surface area contributed by atoms with Crippen LogP contribution in [0.15, 0.2) is 0 Å². The molecule has 0 saturated heterocycles. The van der Waals surface area contributed by atoms with Crippen LogP contribution in [-0.2, 0) is 4.79 Å². The van der Waals surface area contributed by atoms with Crippen LogP contribution in [-0.4, -0.2) is 41.7 Å². The smallest absolute Gasteiger partial charge is 0.377 e. The van der Waals surface area contributed by atoms with E-state index in [1.165, 1.54) is 0 Å². The summed E-state index contributed by atoms with van der Waals surface area (Å²) in [6, 6.07) is 0. The van der Waals surface area contributed by atoms with Crippen molar-refractivity contribution in [1.82, 2.24) is 0 Å². The van der Waals surface area contributed by atoms with E-state index in [-0.39, 0.29) is 0 Å². The lowest BCUT2D eigenvalue weighted by molar-refractivity contribution is -0.308. The minimum absolute atomic E-state index is 3.68. The van der Waals surface area contributed by atoms with Gasteiger partial charge in [0.1, 0.15) is 0 Å². The highest BCUT2D eigenvalue weighted by Crippen LogP contribution is 2.32. The van der Waals surface area contributed by atoms with Gasteiger partial charge in [-0.15, -0.1) is 0 Å². The standard InChI is InChI=1S/C3H2F6O.C3F6O/c2*4-2(5,6)1(10)3(7,8)9/h1,10H;. The number of Topliss-reactive ketones (excluding diaryl/α,β-unsaturated/α-hetero) is 1. The third-order valence-corrected chi connectivity index (χ3v) is 1.14. The predicted molar refractivity (Wildman–Crippen MR) is 35.2 cm³/mol. The first-order valence-corrected chi connectivity index (χ1v) is 3.81. The van der Waals surface area contributed by atoms with Gasteiger partial charge >= 0.3 is 30.5 Å². The van der Waals surface area contributed by atoms with Gasteiger partial charge in [-0.3, -0.25) is 4.79 Å². The number of carbonyl (C=O) groups is 1. The van der Waals surface area contributed by atoms with Gasteiger partial charge in [0.15, 0.2) is 0 Å². The van der Waals surface area contributed by atoms with Gasteiger partial charge < -0.3 is 5.11 Å². The molecule has 0 radical (unpaired) electrons. The van der Waals surface area contributed by atoms with Crippen molar-refractivity contribution in [3.63, 3.8) is 0 Å². The van der Waals surface area contributed by atoms with E-state index in [0.717, 1.165) is 0 Å². The van der Waals surface area contributed by atoms with E-state index in [2.05, 4.69) is 0 Å². The largest absolute Gasteiger partial charge is 0.459 e. The SMILES string of the molecule is O=C(C(F)(F)F)C(F)(F)F.OC(C(F)(F)F)C(F)(F)F. The van der Waals surface area contributed by atoms with E-state index in [1.54, 1.807) is 0 Å². The van der Waals surface area contributed by atoms with Gasteiger partial charge in [0.05, 0.1) is 0 Å². The fraction of sp³-hybridized carbons (Fsp3) is 0.833. The van der Waals surface area contributed by atoms with Crippen LogP contribution in [0.1, 0.15) is 0 Å². The molecule has 0 heterocycles. The number of aliphatic hydroxyl groups is 1. The second-order valence-electron chi connectivity index (χ2n) is 2.81. The van der Waals surface area contributed by atoms with Gasteiger partial charge in [-0.1, -0.05) is 0 Å². The van der Waals surface area contributed by atoms with Crippen LogP contribution in [0.2, 0.25) is 0 Å². The van der Waals surface area contributed by atoms with Crippen molar-refractivity contribution in [3.8, 4) is 0 Å². The quantitative estimate of drug-likeness (QED) is 0.691. The van der Waals surface area contributed by atoms with E-state index >= 15 is 0 Å². The van der Waals surface area contributed by atoms with Crippen molar-refractivity contribution in [2.24, 2.45) is 0 Å². The minimum atomic E-state index is -5.82. The molecule has 122 valence electrons. The van der Waals surface area contributed by atoms with Gasteiger partial charge in [-0.05, 0) is 0 Å². The summed E-state index contributed by atoms with van der Waals surface area (Å²) in [5.74, 6) is -3.68. The molecular weight excluding hydrogens is 332 g/mol. The monoisotopic (exact) mass is 334 g/mol. The zero-order chi connectivity index (χ0) is 17.2. The molecule has 0 saturated carbocycles. The van der Waals surface area contributed by atoms with Crippen LogP contribution in [0.3, 0.4) is 0 Å². The highest BCUT2D eigenvalue weighted by molar-refractivity contribution is 5.89. The topological polar surface area (TPSA) is 37.3 Å². The molecular formula is C6H2F12O2. The molecule has 0 rings (SSSR count). The lowest BCUT2D eigenvalue weighted by Crippen LogP contribution is -2.41. The molecule has 0 aromatic heterocycles. The van der Waals surface area contributed by atoms with Crippen molar-refractivity contribution in [1.29, 1.82) is 0 Å². The molecule has 0 aromatic carbocycles. The molecule has 0 aliphatic heterocycles. The van der Waals surface area contributed by atoms with Crippen LogP contribution in [0, 0.1) is 0 Å². The normalized spacial score (nSPS) is 13.9. The van der Waals surface area contributed by atoms with Gasteiger partial charge in [0.2, 0.25) is 6.10 Å². The minimum Gasteiger partial charge on any atom is -0.377 e. The van der Waals surface area contributed by atoms with Crippen molar-refractivity contribution in [3.05, 3.63) is 0 Å². The second kappa shape index (κ2) is 6.05. The lowest BCUT2D eigenvalue weighted by atomic mass is 10.3. The number of ketones is 1. The van der Waals surface area contributed by atoms with Crippen molar-refractivity contribution in [2.45, 2.75) is 30.8 Å². The second-order valence-corrected chi connectivity index (χ2v) is 2.81. The Hall–Kier alpha value is -1.21. The Kier molecular flexibility index (Phi) is 6.38. The summed E-state index contributed by atoms with van der Waals surface area (Å²) in [6.45, 7) is 0. The third-order valence-electron chi connectivity index (χ3n) is 1.14. The number of alkyl halides is 12. The highest BCUT2D eigenvalue weighted by Gasteiger charge is 2.56. The summed E-state index contributed by atoms with van der Waals surface area (Å²) >= 11 is 0. The number of aliphatic hydroxyl groups excluding tert-OH is 1. The van der Waals surface area contributed by atoms with Crippen LogP contribution in [0.4, 0.5) is 52.7 Å². The zero-order valence-electron chi connectivity index (χ0n) is 8.47. The van der Waals surface area contributed by atoms with Crippen LogP contribution >= 0.6 is 0 Å². The average Bonchev–Trinajstić information content (AvgIpc) is 2.10. The maximum Gasteiger partial charge on any atom is 0.459 e.